The molecule has 16 aromatic carbocycles. The van der Waals surface area contributed by atoms with E-state index < -0.39 is 0 Å². The molecule has 8 heteroatoms. The van der Waals surface area contributed by atoms with Crippen molar-refractivity contribution in [2.75, 3.05) is 0 Å². The first-order chi connectivity index (χ1) is 49.8. The summed E-state index contributed by atoms with van der Waals surface area (Å²) >= 11 is 3.91. The molecule has 2 aromatic heterocycles. The molecule has 1 aliphatic heterocycles. The summed E-state index contributed by atoms with van der Waals surface area (Å²) in [5.41, 5.74) is 19.2. The van der Waals surface area contributed by atoms with E-state index >= 15 is 0 Å². The van der Waals surface area contributed by atoms with Gasteiger partial charge in [0.2, 0.25) is 0 Å². The molecule has 0 atom stereocenters. The highest BCUT2D eigenvalue weighted by Gasteiger charge is 2.51. The Balaban J connectivity index is 0.000000120. The Hall–Kier alpha value is -11.5. The monoisotopic (exact) mass is 1380 g/mol. The molecule has 490 valence electrons. The number of halogens is 1. The minimum absolute atomic E-state index is 0.326. The van der Waals surface area contributed by atoms with Gasteiger partial charge in [-0.2, -0.15) is 0 Å². The van der Waals surface area contributed by atoms with Crippen LogP contribution in [0.4, 0.5) is 0 Å². The maximum absolute atomic E-state index is 6.13. The third kappa shape index (κ3) is 11.6. The van der Waals surface area contributed by atoms with Gasteiger partial charge < -0.3 is 9.31 Å². The predicted octanol–water partition coefficient (Wildman–Crippen LogP) is 24.7. The summed E-state index contributed by atoms with van der Waals surface area (Å²) in [5.74, 6) is 1.96. The fourth-order valence-electron chi connectivity index (χ4n) is 15.0. The summed E-state index contributed by atoms with van der Waals surface area (Å²) in [6.45, 7) is 12.4. The number of para-hydroxylation sites is 4. The van der Waals surface area contributed by atoms with Crippen molar-refractivity contribution in [2.24, 2.45) is 0 Å². The number of aryl methyl sites for hydroxylation is 2. The van der Waals surface area contributed by atoms with E-state index in [-0.39, 0.29) is 18.3 Å². The number of nitrogens with zero attached hydrogens (tertiary/aromatic N) is 4. The van der Waals surface area contributed by atoms with Crippen molar-refractivity contribution in [1.82, 2.24) is 19.1 Å². The van der Waals surface area contributed by atoms with Gasteiger partial charge in [0.15, 0.2) is 0 Å². The van der Waals surface area contributed by atoms with Crippen LogP contribution < -0.4 is 5.46 Å². The van der Waals surface area contributed by atoms with E-state index in [1.807, 2.05) is 31.2 Å². The van der Waals surface area contributed by atoms with Crippen molar-refractivity contribution in [3.8, 4) is 67.0 Å². The maximum Gasteiger partial charge on any atom is 0.494 e. The van der Waals surface area contributed by atoms with Gasteiger partial charge in [-0.25, -0.2) is 9.97 Å². The summed E-state index contributed by atoms with van der Waals surface area (Å²) in [5, 5.41) is 15.1. The van der Waals surface area contributed by atoms with Gasteiger partial charge in [0, 0.05) is 15.8 Å². The van der Waals surface area contributed by atoms with Crippen molar-refractivity contribution in [3.05, 3.63) is 344 Å². The smallest absolute Gasteiger partial charge is 0.399 e. The van der Waals surface area contributed by atoms with Crippen LogP contribution >= 0.6 is 15.9 Å². The van der Waals surface area contributed by atoms with E-state index in [4.69, 9.17) is 14.3 Å². The molecule has 0 bridgehead atoms. The predicted molar refractivity (Wildman–Crippen MR) is 434 cm³/mol. The van der Waals surface area contributed by atoms with Gasteiger partial charge in [-0.3, -0.25) is 9.13 Å². The lowest BCUT2D eigenvalue weighted by Gasteiger charge is -2.32. The summed E-state index contributed by atoms with van der Waals surface area (Å²) in [6, 6.07) is 117. The van der Waals surface area contributed by atoms with Crippen LogP contribution in [0.25, 0.3) is 154 Å². The third-order valence-electron chi connectivity index (χ3n) is 20.8. The van der Waals surface area contributed by atoms with Crippen molar-refractivity contribution in [3.63, 3.8) is 0 Å². The molecule has 0 unspecified atom stereocenters. The van der Waals surface area contributed by atoms with Crippen LogP contribution in [0, 0.1) is 13.8 Å². The molecule has 3 heterocycles. The van der Waals surface area contributed by atoms with Crippen LogP contribution in [0.1, 0.15) is 39.3 Å². The second kappa shape index (κ2) is 26.2. The lowest BCUT2D eigenvalue weighted by Crippen LogP contribution is -2.41. The van der Waals surface area contributed by atoms with Crippen LogP contribution in [0.2, 0.25) is 0 Å². The second-order valence-electron chi connectivity index (χ2n) is 27.6. The van der Waals surface area contributed by atoms with Crippen LogP contribution in [0.3, 0.4) is 0 Å². The van der Waals surface area contributed by atoms with Gasteiger partial charge in [0.1, 0.15) is 11.6 Å². The molecule has 0 amide bonds. The molecule has 0 saturated carbocycles. The third-order valence-corrected chi connectivity index (χ3v) is 21.7. The van der Waals surface area contributed by atoms with Crippen LogP contribution in [-0.2, 0) is 9.31 Å². The molecular formula is C94H72BBrN4O2. The molecule has 0 radical (unpaired) electrons. The summed E-state index contributed by atoms with van der Waals surface area (Å²) in [4.78, 5) is 9.45. The van der Waals surface area contributed by atoms with Gasteiger partial charge in [0.25, 0.3) is 0 Å². The zero-order valence-corrected chi connectivity index (χ0v) is 59.3. The first-order valence-corrected chi connectivity index (χ1v) is 35.8. The lowest BCUT2D eigenvalue weighted by molar-refractivity contribution is 0.00578. The van der Waals surface area contributed by atoms with Gasteiger partial charge in [0.05, 0.1) is 33.3 Å². The quantitative estimate of drug-likeness (QED) is 0.112. The number of imidazole rings is 2. The zero-order chi connectivity index (χ0) is 69.2. The maximum atomic E-state index is 6.13. The molecule has 1 fully saturated rings. The van der Waals surface area contributed by atoms with E-state index in [1.54, 1.807) is 0 Å². The van der Waals surface area contributed by atoms with E-state index in [0.717, 1.165) is 55.0 Å². The Kier molecular flexibility index (Phi) is 16.4. The topological polar surface area (TPSA) is 54.1 Å². The van der Waals surface area contributed by atoms with Crippen molar-refractivity contribution >= 4 is 115 Å². The summed E-state index contributed by atoms with van der Waals surface area (Å²) < 4.78 is 17.8. The average Bonchev–Trinajstić information content (AvgIpc) is 1.41. The van der Waals surface area contributed by atoms with Crippen molar-refractivity contribution < 1.29 is 9.31 Å². The molecule has 0 aliphatic carbocycles. The fourth-order valence-corrected chi connectivity index (χ4v) is 15.7. The Morgan fingerprint density at radius 1 is 0.294 bits per heavy atom. The first kappa shape index (κ1) is 63.9. The highest BCUT2D eigenvalue weighted by Crippen LogP contribution is 2.47. The van der Waals surface area contributed by atoms with Gasteiger partial charge in [-0.15, -0.1) is 0 Å². The number of fused-ring (bicyclic) bond motifs is 8. The fraction of sp³-hybridized carbons (Fsp3) is 0.0851. The lowest BCUT2D eigenvalue weighted by atomic mass is 9.79. The Morgan fingerprint density at radius 2 is 0.637 bits per heavy atom. The first-order valence-electron chi connectivity index (χ1n) is 35.0. The van der Waals surface area contributed by atoms with E-state index in [9.17, 15) is 0 Å². The van der Waals surface area contributed by atoms with E-state index in [1.165, 1.54) is 120 Å². The zero-order valence-electron chi connectivity index (χ0n) is 57.7. The minimum Gasteiger partial charge on any atom is -0.399 e. The number of hydrogen-bond acceptors (Lipinski definition) is 4. The molecule has 19 rings (SSSR count). The standard InChI is InChI=1S/C44H30N2.C30H19Br.C20H23BN2O2/c1-29-45-41-17-9-10-18-42(41)46(29)36-24-21-32(22-25-36)43-37-15-7-8-16-38(37)44(35-20-19-31-13-5-6-14-33(31)27-35)40-28-34(23-26-39(40)43)30-11-3-2-4-12-30;31-30-26-13-7-6-12-25(26)29(24-15-14-21-10-4-5-11-22(21)18-24)28-19-23(16-17-27(28)30)20-8-2-1-3-9-20;1-14-22-17-8-6-7-9-18(17)23(14)16-12-10-15(11-13-16)21-24-19(2,3)20(4,5)25-21/h2-28H,1H3;1-19H;6-13H,1-5H3. The highest BCUT2D eigenvalue weighted by molar-refractivity contribution is 9.10. The van der Waals surface area contributed by atoms with Gasteiger partial charge in [-0.05, 0) is 256 Å². The van der Waals surface area contributed by atoms with E-state index in [2.05, 4.69) is 368 Å². The molecule has 0 N–H and O–H groups in total. The van der Waals surface area contributed by atoms with Crippen molar-refractivity contribution in [2.45, 2.75) is 52.7 Å². The Morgan fingerprint density at radius 3 is 1.13 bits per heavy atom. The number of rotatable bonds is 8. The molecular weight excluding hydrogens is 1310 g/mol. The molecule has 6 nitrogen and oxygen atoms in total. The normalized spacial score (nSPS) is 13.3. The molecule has 1 saturated heterocycles. The van der Waals surface area contributed by atoms with Crippen LogP contribution in [0.5, 0.6) is 0 Å². The van der Waals surface area contributed by atoms with Crippen LogP contribution in [-0.4, -0.2) is 37.4 Å². The SMILES string of the molecule is Brc1c2ccccc2c(-c2ccc3ccccc3c2)c2cc(-c3ccccc3)ccc12.Cc1nc2ccccc2n1-c1ccc(-c2c3ccccc3c(-c3ccc4ccccc4c3)c3cc(-c4ccccc4)ccc23)cc1.Cc1nc2ccccc2n1-c1ccc(B2OC(C)(C)C(C)(C)O2)cc1. The average molecular weight is 1380 g/mol. The largest absolute Gasteiger partial charge is 0.494 e. The van der Waals surface area contributed by atoms with Crippen molar-refractivity contribution in [1.29, 1.82) is 0 Å². The molecule has 1 aliphatic rings. The number of aromatic nitrogens is 4. The Labute approximate surface area is 603 Å². The Bertz CT molecular complexity index is 6220. The van der Waals surface area contributed by atoms with Crippen LogP contribution in [0.15, 0.2) is 332 Å². The highest BCUT2D eigenvalue weighted by atomic mass is 79.9. The number of benzene rings is 16. The number of hydrogen-bond donors (Lipinski definition) is 0. The second-order valence-corrected chi connectivity index (χ2v) is 28.4. The summed E-state index contributed by atoms with van der Waals surface area (Å²) in [7, 11) is -0.334. The van der Waals surface area contributed by atoms with Gasteiger partial charge in [-0.1, -0.05) is 255 Å². The minimum atomic E-state index is -0.334. The van der Waals surface area contributed by atoms with E-state index in [0.29, 0.717) is 0 Å². The summed E-state index contributed by atoms with van der Waals surface area (Å²) in [6.07, 6.45) is 0. The molecule has 18 aromatic rings. The molecule has 102 heavy (non-hydrogen) atoms. The molecule has 0 spiro atoms. The van der Waals surface area contributed by atoms with Gasteiger partial charge >= 0.3 is 7.12 Å².